The maximum Gasteiger partial charge on any atom is 0.136 e. The Morgan fingerprint density at radius 1 is 1.24 bits per heavy atom. The van der Waals surface area contributed by atoms with Crippen LogP contribution in [-0.2, 0) is 4.79 Å². The molecule has 3 rings (SSSR count). The van der Waals surface area contributed by atoms with E-state index in [1.54, 1.807) is 0 Å². The molecule has 2 heteroatoms. The number of nitrogens with zero attached hydrogens (tertiary/aromatic N) is 1. The van der Waals surface area contributed by atoms with Gasteiger partial charge in [-0.1, -0.05) is 20.3 Å². The highest BCUT2D eigenvalue weighted by Gasteiger charge is 2.49. The maximum absolute atomic E-state index is 11.7. The van der Waals surface area contributed by atoms with Crippen LogP contribution in [0.3, 0.4) is 0 Å². The average Bonchev–Trinajstić information content (AvgIpc) is 3.00. The summed E-state index contributed by atoms with van der Waals surface area (Å²) in [5.74, 6) is 1.33. The van der Waals surface area contributed by atoms with Gasteiger partial charge in [0.25, 0.3) is 0 Å². The second-order valence-electron chi connectivity index (χ2n) is 6.87. The van der Waals surface area contributed by atoms with E-state index in [1.165, 1.54) is 38.6 Å². The molecule has 0 aromatic carbocycles. The first-order chi connectivity index (χ1) is 8.11. The van der Waals surface area contributed by atoms with Crippen LogP contribution < -0.4 is 0 Å². The van der Waals surface area contributed by atoms with Crippen LogP contribution in [0.2, 0.25) is 0 Å². The van der Waals surface area contributed by atoms with Crippen molar-refractivity contribution in [3.63, 3.8) is 0 Å². The molecule has 1 aliphatic carbocycles. The van der Waals surface area contributed by atoms with Crippen LogP contribution in [0, 0.1) is 11.3 Å². The van der Waals surface area contributed by atoms with Crippen molar-refractivity contribution in [2.75, 3.05) is 6.54 Å². The fourth-order valence-corrected chi connectivity index (χ4v) is 3.97. The van der Waals surface area contributed by atoms with Crippen LogP contribution in [0.25, 0.3) is 0 Å². The zero-order valence-corrected chi connectivity index (χ0v) is 11.2. The van der Waals surface area contributed by atoms with Crippen LogP contribution in [-0.4, -0.2) is 29.3 Å². The van der Waals surface area contributed by atoms with E-state index in [-0.39, 0.29) is 0 Å². The third-order valence-electron chi connectivity index (χ3n) is 5.55. The molecule has 2 saturated heterocycles. The summed E-state index contributed by atoms with van der Waals surface area (Å²) in [7, 11) is 0. The molecule has 0 aromatic rings. The number of hydrogen-bond acceptors (Lipinski definition) is 2. The van der Waals surface area contributed by atoms with Crippen molar-refractivity contribution >= 4 is 5.78 Å². The monoisotopic (exact) mass is 235 g/mol. The standard InChI is InChI=1S/C15H25NO/c1-11(2)15(6-7-15)10-16-12-4-3-5-13(16)9-14(17)8-12/h11-13H,3-10H2,1-2H3. The molecule has 17 heavy (non-hydrogen) atoms. The predicted molar refractivity (Wildman–Crippen MR) is 68.9 cm³/mol. The molecule has 96 valence electrons. The molecular formula is C15H25NO. The first-order valence-corrected chi connectivity index (χ1v) is 7.38. The molecule has 2 bridgehead atoms. The maximum atomic E-state index is 11.7. The normalized spacial score (nSPS) is 36.3. The zero-order chi connectivity index (χ0) is 12.0. The molecule has 2 heterocycles. The average molecular weight is 235 g/mol. The van der Waals surface area contributed by atoms with Crippen LogP contribution >= 0.6 is 0 Å². The summed E-state index contributed by atoms with van der Waals surface area (Å²) in [5, 5.41) is 0. The minimum atomic E-state index is 0.519. The summed E-state index contributed by atoms with van der Waals surface area (Å²) in [4.78, 5) is 14.4. The largest absolute Gasteiger partial charge is 0.300 e. The highest BCUT2D eigenvalue weighted by molar-refractivity contribution is 5.80. The van der Waals surface area contributed by atoms with E-state index in [9.17, 15) is 4.79 Å². The number of piperidine rings is 2. The van der Waals surface area contributed by atoms with E-state index in [2.05, 4.69) is 18.7 Å². The molecule has 2 nitrogen and oxygen atoms in total. The summed E-state index contributed by atoms with van der Waals surface area (Å²) in [6, 6.07) is 1.18. The van der Waals surface area contributed by atoms with Gasteiger partial charge in [-0.2, -0.15) is 0 Å². The van der Waals surface area contributed by atoms with Gasteiger partial charge in [-0.25, -0.2) is 0 Å². The predicted octanol–water partition coefficient (Wildman–Crippen LogP) is 3.01. The van der Waals surface area contributed by atoms with Crippen molar-refractivity contribution < 1.29 is 4.79 Å². The number of Topliss-reactive ketones (excluding diaryl/α,β-unsaturated/α-hetero) is 1. The third-order valence-corrected chi connectivity index (χ3v) is 5.55. The summed E-state index contributed by atoms with van der Waals surface area (Å²) in [6.45, 7) is 6.02. The number of fused-ring (bicyclic) bond motifs is 2. The first kappa shape index (κ1) is 11.7. The summed E-state index contributed by atoms with van der Waals surface area (Å²) >= 11 is 0. The first-order valence-electron chi connectivity index (χ1n) is 7.38. The van der Waals surface area contributed by atoms with Crippen molar-refractivity contribution in [2.24, 2.45) is 11.3 Å². The van der Waals surface area contributed by atoms with Crippen LogP contribution in [0.4, 0.5) is 0 Å². The second-order valence-corrected chi connectivity index (χ2v) is 6.87. The number of ketones is 1. The highest BCUT2D eigenvalue weighted by atomic mass is 16.1. The lowest BCUT2D eigenvalue weighted by Gasteiger charge is -2.47. The number of rotatable bonds is 3. The minimum Gasteiger partial charge on any atom is -0.300 e. The lowest BCUT2D eigenvalue weighted by molar-refractivity contribution is -0.127. The number of carbonyl (C=O) groups excluding carboxylic acids is 1. The summed E-state index contributed by atoms with van der Waals surface area (Å²) < 4.78 is 0. The fourth-order valence-electron chi connectivity index (χ4n) is 3.97. The van der Waals surface area contributed by atoms with Gasteiger partial charge >= 0.3 is 0 Å². The van der Waals surface area contributed by atoms with Gasteiger partial charge < -0.3 is 0 Å². The van der Waals surface area contributed by atoms with Gasteiger partial charge in [0, 0.05) is 31.5 Å². The second kappa shape index (κ2) is 4.08. The molecule has 2 unspecified atom stereocenters. The molecule has 0 spiro atoms. The van der Waals surface area contributed by atoms with Gasteiger partial charge in [0.2, 0.25) is 0 Å². The molecule has 3 aliphatic rings. The topological polar surface area (TPSA) is 20.3 Å². The third kappa shape index (κ3) is 2.05. The Hall–Kier alpha value is -0.370. The van der Waals surface area contributed by atoms with Gasteiger partial charge in [0.15, 0.2) is 0 Å². The van der Waals surface area contributed by atoms with Crippen LogP contribution in [0.5, 0.6) is 0 Å². The van der Waals surface area contributed by atoms with E-state index >= 15 is 0 Å². The number of hydrogen-bond donors (Lipinski definition) is 0. The van der Waals surface area contributed by atoms with Gasteiger partial charge in [0.1, 0.15) is 5.78 Å². The number of carbonyl (C=O) groups is 1. The van der Waals surface area contributed by atoms with Crippen molar-refractivity contribution in [2.45, 2.75) is 70.9 Å². The van der Waals surface area contributed by atoms with E-state index < -0.39 is 0 Å². The Balaban J connectivity index is 1.72. The molecule has 1 saturated carbocycles. The van der Waals surface area contributed by atoms with Crippen LogP contribution in [0.1, 0.15) is 58.8 Å². The van der Waals surface area contributed by atoms with Gasteiger partial charge in [-0.05, 0) is 37.0 Å². The van der Waals surface area contributed by atoms with E-state index in [0.717, 1.165) is 18.8 Å². The Labute approximate surface area is 105 Å². The van der Waals surface area contributed by atoms with Crippen LogP contribution in [0.15, 0.2) is 0 Å². The molecule has 2 aliphatic heterocycles. The lowest BCUT2D eigenvalue weighted by Crippen LogP contribution is -2.54. The molecule has 0 radical (unpaired) electrons. The van der Waals surface area contributed by atoms with Crippen molar-refractivity contribution in [3.05, 3.63) is 0 Å². The Morgan fingerprint density at radius 3 is 2.29 bits per heavy atom. The summed E-state index contributed by atoms with van der Waals surface area (Å²) in [5.41, 5.74) is 0.605. The molecular weight excluding hydrogens is 210 g/mol. The molecule has 0 aromatic heterocycles. The van der Waals surface area contributed by atoms with Crippen molar-refractivity contribution in [3.8, 4) is 0 Å². The Kier molecular flexibility index (Phi) is 2.81. The summed E-state index contributed by atoms with van der Waals surface area (Å²) in [6.07, 6.45) is 8.36. The Bertz CT molecular complexity index is 303. The molecule has 0 amide bonds. The van der Waals surface area contributed by atoms with E-state index in [4.69, 9.17) is 0 Å². The molecule has 0 N–H and O–H groups in total. The SMILES string of the molecule is CC(C)C1(CN2C3CCCC2CC(=O)C3)CC1. The fraction of sp³-hybridized carbons (Fsp3) is 0.933. The van der Waals surface area contributed by atoms with Gasteiger partial charge in [-0.15, -0.1) is 0 Å². The van der Waals surface area contributed by atoms with Gasteiger partial charge in [0.05, 0.1) is 0 Å². The van der Waals surface area contributed by atoms with E-state index in [1.807, 2.05) is 0 Å². The van der Waals surface area contributed by atoms with Crippen molar-refractivity contribution in [1.82, 2.24) is 4.90 Å². The Morgan fingerprint density at radius 2 is 1.82 bits per heavy atom. The lowest BCUT2D eigenvalue weighted by atomic mass is 9.81. The zero-order valence-electron chi connectivity index (χ0n) is 11.2. The van der Waals surface area contributed by atoms with Crippen molar-refractivity contribution in [1.29, 1.82) is 0 Å². The quantitative estimate of drug-likeness (QED) is 0.749. The highest BCUT2D eigenvalue weighted by Crippen LogP contribution is 2.53. The van der Waals surface area contributed by atoms with E-state index in [0.29, 0.717) is 23.3 Å². The molecule has 3 fully saturated rings. The smallest absolute Gasteiger partial charge is 0.136 e. The van der Waals surface area contributed by atoms with Gasteiger partial charge in [-0.3, -0.25) is 9.69 Å². The minimum absolute atomic E-state index is 0.519. The molecule has 2 atom stereocenters.